The van der Waals surface area contributed by atoms with Crippen LogP contribution in [0.2, 0.25) is 0 Å². The number of hydrogen-bond donors (Lipinski definition) is 7. The van der Waals surface area contributed by atoms with Gasteiger partial charge in [0.25, 0.3) is 0 Å². The van der Waals surface area contributed by atoms with Crippen molar-refractivity contribution in [2.75, 3.05) is 6.61 Å². The second-order valence-electron chi connectivity index (χ2n) is 7.28. The molecule has 1 aliphatic heterocycles. The number of phenolic OH excluding ortho intramolecular Hbond substituents is 3. The molecule has 1 saturated heterocycles. The minimum absolute atomic E-state index is 0.00895. The first-order chi connectivity index (χ1) is 15.2. The van der Waals surface area contributed by atoms with E-state index in [9.17, 15) is 40.5 Å². The number of benzene rings is 2. The summed E-state index contributed by atoms with van der Waals surface area (Å²) in [6.07, 6.45) is -7.99. The molecular weight excluding hydrogens is 428 g/mol. The summed E-state index contributed by atoms with van der Waals surface area (Å²) in [6, 6.07) is 7.97. The van der Waals surface area contributed by atoms with Gasteiger partial charge in [-0.1, -0.05) is 0 Å². The first-order valence-electron chi connectivity index (χ1n) is 9.50. The van der Waals surface area contributed by atoms with Gasteiger partial charge in [-0.15, -0.1) is 0 Å². The van der Waals surface area contributed by atoms with Crippen LogP contribution in [-0.2, 0) is 4.74 Å². The van der Waals surface area contributed by atoms with Gasteiger partial charge in [0.2, 0.25) is 12.0 Å². The molecular formula is C21H20O11. The quantitative estimate of drug-likeness (QED) is 0.261. The van der Waals surface area contributed by atoms with E-state index in [4.69, 9.17) is 13.9 Å². The number of ether oxygens (including phenoxy) is 2. The van der Waals surface area contributed by atoms with Crippen LogP contribution >= 0.6 is 0 Å². The van der Waals surface area contributed by atoms with Gasteiger partial charge in [-0.05, 0) is 24.3 Å². The topological polar surface area (TPSA) is 190 Å². The smallest absolute Gasteiger partial charge is 0.229 e. The number of fused-ring (bicyclic) bond motifs is 1. The molecule has 2 aromatic carbocycles. The molecule has 170 valence electrons. The molecule has 32 heavy (non-hydrogen) atoms. The molecule has 7 N–H and O–H groups in total. The predicted octanol–water partition coefficient (Wildman–Crippen LogP) is -0.245. The third-order valence-corrected chi connectivity index (χ3v) is 5.17. The first-order valence-corrected chi connectivity index (χ1v) is 9.50. The Kier molecular flexibility index (Phi) is 5.67. The highest BCUT2D eigenvalue weighted by molar-refractivity contribution is 5.89. The second kappa shape index (κ2) is 8.30. The van der Waals surface area contributed by atoms with E-state index in [0.29, 0.717) is 5.56 Å². The maximum Gasteiger partial charge on any atom is 0.229 e. The highest BCUT2D eigenvalue weighted by Gasteiger charge is 2.45. The molecule has 0 saturated carbocycles. The molecule has 0 amide bonds. The van der Waals surface area contributed by atoms with Crippen LogP contribution < -0.4 is 10.2 Å². The van der Waals surface area contributed by atoms with E-state index < -0.39 is 60.0 Å². The Morgan fingerprint density at radius 1 is 0.906 bits per heavy atom. The number of aromatic hydroxyl groups is 3. The normalized spacial score (nSPS) is 25.7. The zero-order valence-corrected chi connectivity index (χ0v) is 16.3. The first kappa shape index (κ1) is 21.9. The molecule has 0 unspecified atom stereocenters. The summed E-state index contributed by atoms with van der Waals surface area (Å²) in [7, 11) is 0. The molecule has 5 atom stereocenters. The van der Waals surface area contributed by atoms with Crippen molar-refractivity contribution in [2.45, 2.75) is 30.7 Å². The molecule has 1 fully saturated rings. The van der Waals surface area contributed by atoms with Gasteiger partial charge < -0.3 is 49.6 Å². The summed E-state index contributed by atoms with van der Waals surface area (Å²) in [6.45, 7) is -0.690. The van der Waals surface area contributed by atoms with Crippen molar-refractivity contribution in [2.24, 2.45) is 0 Å². The lowest BCUT2D eigenvalue weighted by atomic mass is 9.99. The van der Waals surface area contributed by atoms with E-state index in [-0.39, 0.29) is 22.5 Å². The van der Waals surface area contributed by atoms with Gasteiger partial charge in [-0.3, -0.25) is 4.79 Å². The lowest BCUT2D eigenvalue weighted by molar-refractivity contribution is -0.277. The molecule has 1 aromatic heterocycles. The van der Waals surface area contributed by atoms with E-state index in [1.807, 2.05) is 0 Å². The largest absolute Gasteiger partial charge is 0.508 e. The second-order valence-corrected chi connectivity index (χ2v) is 7.28. The molecule has 4 rings (SSSR count). The third-order valence-electron chi connectivity index (χ3n) is 5.17. The van der Waals surface area contributed by atoms with E-state index in [1.165, 1.54) is 24.3 Å². The number of phenols is 3. The van der Waals surface area contributed by atoms with Gasteiger partial charge >= 0.3 is 0 Å². The highest BCUT2D eigenvalue weighted by atomic mass is 16.7. The van der Waals surface area contributed by atoms with Crippen LogP contribution in [0.3, 0.4) is 0 Å². The summed E-state index contributed by atoms with van der Waals surface area (Å²) in [4.78, 5) is 12.6. The van der Waals surface area contributed by atoms with Crippen LogP contribution in [0.5, 0.6) is 23.0 Å². The minimum atomic E-state index is -1.76. The average molecular weight is 448 g/mol. The van der Waals surface area contributed by atoms with Crippen molar-refractivity contribution in [3.05, 3.63) is 46.6 Å². The Hall–Kier alpha value is -3.35. The lowest BCUT2D eigenvalue weighted by Gasteiger charge is -2.39. The minimum Gasteiger partial charge on any atom is -0.508 e. The summed E-state index contributed by atoms with van der Waals surface area (Å²) in [5, 5.41) is 69.0. The van der Waals surface area contributed by atoms with Crippen LogP contribution in [0.4, 0.5) is 0 Å². The number of aliphatic hydroxyl groups is 4. The van der Waals surface area contributed by atoms with E-state index >= 15 is 0 Å². The van der Waals surface area contributed by atoms with Gasteiger partial charge in [-0.25, -0.2) is 0 Å². The molecule has 11 heteroatoms. The summed E-state index contributed by atoms with van der Waals surface area (Å²) < 4.78 is 16.3. The van der Waals surface area contributed by atoms with Crippen LogP contribution in [0.25, 0.3) is 22.3 Å². The maximum atomic E-state index is 12.6. The van der Waals surface area contributed by atoms with Gasteiger partial charge in [-0.2, -0.15) is 0 Å². The summed E-state index contributed by atoms with van der Waals surface area (Å²) >= 11 is 0. The zero-order chi connectivity index (χ0) is 23.2. The monoisotopic (exact) mass is 448 g/mol. The van der Waals surface area contributed by atoms with E-state index in [0.717, 1.165) is 12.1 Å². The standard InChI is InChI=1S/C21H20O11/c22-7-14-17(26)19(28)20(29)21(32-14)31-13-6-12-15(18(27)16(13)25)10(24)5-11(30-12)8-1-3-9(23)4-2-8/h1-6,14,17,19-23,25-29H,7H2/t14-,17-,19-,20-,21-/m1/s1. The maximum absolute atomic E-state index is 12.6. The van der Waals surface area contributed by atoms with Crippen molar-refractivity contribution >= 4 is 11.0 Å². The van der Waals surface area contributed by atoms with Crippen molar-refractivity contribution < 1.29 is 49.6 Å². The highest BCUT2D eigenvalue weighted by Crippen LogP contribution is 2.42. The fraction of sp³-hybridized carbons (Fsp3) is 0.286. The van der Waals surface area contributed by atoms with Gasteiger partial charge in [0.15, 0.2) is 16.9 Å². The number of hydrogen-bond acceptors (Lipinski definition) is 11. The van der Waals surface area contributed by atoms with Crippen molar-refractivity contribution in [3.8, 4) is 34.3 Å². The Labute approximate surface area is 179 Å². The van der Waals surface area contributed by atoms with Crippen LogP contribution in [0.1, 0.15) is 0 Å². The van der Waals surface area contributed by atoms with Crippen molar-refractivity contribution in [1.82, 2.24) is 0 Å². The van der Waals surface area contributed by atoms with E-state index in [1.54, 1.807) is 0 Å². The summed E-state index contributed by atoms with van der Waals surface area (Å²) in [5.74, 6) is -2.03. The van der Waals surface area contributed by atoms with Gasteiger partial charge in [0, 0.05) is 17.7 Å². The fourth-order valence-electron chi connectivity index (χ4n) is 3.42. The van der Waals surface area contributed by atoms with Gasteiger partial charge in [0.05, 0.1) is 6.61 Å². The molecule has 1 aliphatic rings. The van der Waals surface area contributed by atoms with Crippen molar-refractivity contribution in [3.63, 3.8) is 0 Å². The summed E-state index contributed by atoms with van der Waals surface area (Å²) in [5.41, 5.74) is -0.386. The molecule has 0 spiro atoms. The molecule has 0 bridgehead atoms. The molecule has 11 nitrogen and oxygen atoms in total. The van der Waals surface area contributed by atoms with Crippen molar-refractivity contribution in [1.29, 1.82) is 0 Å². The lowest BCUT2D eigenvalue weighted by Crippen LogP contribution is -2.60. The Morgan fingerprint density at radius 2 is 1.59 bits per heavy atom. The molecule has 3 aromatic rings. The van der Waals surface area contributed by atoms with Crippen LogP contribution in [0.15, 0.2) is 45.6 Å². The van der Waals surface area contributed by atoms with E-state index in [2.05, 4.69) is 0 Å². The number of aliphatic hydroxyl groups excluding tert-OH is 4. The third kappa shape index (κ3) is 3.72. The average Bonchev–Trinajstić information content (AvgIpc) is 2.77. The Bertz CT molecular complexity index is 1190. The zero-order valence-electron chi connectivity index (χ0n) is 16.3. The number of rotatable bonds is 4. The molecule has 0 radical (unpaired) electrons. The molecule has 0 aliphatic carbocycles. The van der Waals surface area contributed by atoms with Crippen LogP contribution in [-0.4, -0.2) is 73.1 Å². The molecule has 2 heterocycles. The van der Waals surface area contributed by atoms with Gasteiger partial charge in [0.1, 0.15) is 46.9 Å². The fourth-order valence-corrected chi connectivity index (χ4v) is 3.42. The Morgan fingerprint density at radius 3 is 2.25 bits per heavy atom. The SMILES string of the molecule is O=c1cc(-c2ccc(O)cc2)oc2cc(O[C@@H]3O[C@H](CO)[C@@H](O)[C@@H](O)[C@H]3O)c(O)c(O)c12. The Balaban J connectivity index is 1.76. The van der Waals surface area contributed by atoms with Crippen LogP contribution in [0, 0.1) is 0 Å². The predicted molar refractivity (Wildman–Crippen MR) is 107 cm³/mol.